The number of hydrogen-bond donors (Lipinski definition) is 2. The summed E-state index contributed by atoms with van der Waals surface area (Å²) in [6.45, 7) is 0.855. The predicted molar refractivity (Wildman–Crippen MR) is 88.2 cm³/mol. The largest absolute Gasteiger partial charge is 0.507 e. The number of amides is 1. The first-order valence-electron chi connectivity index (χ1n) is 7.21. The van der Waals surface area contributed by atoms with Crippen LogP contribution >= 0.6 is 11.6 Å². The molecular formula is C17H13ClF3NO4. The topological polar surface area (TPSA) is 75.6 Å². The molecule has 0 radical (unpaired) electrons. The van der Waals surface area contributed by atoms with Gasteiger partial charge in [-0.05, 0) is 37.3 Å². The molecule has 0 fully saturated rings. The number of anilines is 1. The Morgan fingerprint density at radius 2 is 1.88 bits per heavy atom. The Kier molecular flexibility index (Phi) is 5.76. The van der Waals surface area contributed by atoms with Crippen LogP contribution in [0.25, 0.3) is 0 Å². The predicted octanol–water partition coefficient (Wildman–Crippen LogP) is 4.17. The minimum atomic E-state index is -4.72. The zero-order chi connectivity index (χ0) is 19.5. The van der Waals surface area contributed by atoms with Crippen LogP contribution in [0, 0.1) is 6.92 Å². The Hall–Kier alpha value is -2.74. The average molecular weight is 388 g/mol. The molecule has 0 aliphatic heterocycles. The standard InChI is InChI=1S/C17H13ClF3NO4/c1-9-2-5-14(23)11(6-9)16(25)26-8-15(24)22-13-4-3-10(18)7-12(13)17(19,20)21/h2-7,23H,8H2,1H3,(H,22,24). The van der Waals surface area contributed by atoms with E-state index in [0.717, 1.165) is 6.07 Å². The third-order valence-electron chi connectivity index (χ3n) is 3.27. The summed E-state index contributed by atoms with van der Waals surface area (Å²) < 4.78 is 43.6. The molecule has 0 aliphatic rings. The van der Waals surface area contributed by atoms with Gasteiger partial charge in [-0.2, -0.15) is 13.2 Å². The lowest BCUT2D eigenvalue weighted by atomic mass is 10.1. The molecule has 0 atom stereocenters. The third kappa shape index (κ3) is 4.89. The highest BCUT2D eigenvalue weighted by atomic mass is 35.5. The van der Waals surface area contributed by atoms with E-state index >= 15 is 0 Å². The summed E-state index contributed by atoms with van der Waals surface area (Å²) >= 11 is 5.55. The number of rotatable bonds is 4. The van der Waals surface area contributed by atoms with Crippen LogP contribution in [0.1, 0.15) is 21.5 Å². The Labute approximate surface area is 151 Å². The molecule has 5 nitrogen and oxygen atoms in total. The van der Waals surface area contributed by atoms with Crippen LogP contribution in [-0.4, -0.2) is 23.6 Å². The number of aromatic hydroxyl groups is 1. The highest BCUT2D eigenvalue weighted by Gasteiger charge is 2.34. The van der Waals surface area contributed by atoms with Gasteiger partial charge in [0.15, 0.2) is 6.61 Å². The summed E-state index contributed by atoms with van der Waals surface area (Å²) in [5.74, 6) is -2.29. The minimum absolute atomic E-state index is 0.142. The maximum Gasteiger partial charge on any atom is 0.418 e. The van der Waals surface area contributed by atoms with Gasteiger partial charge in [0.2, 0.25) is 0 Å². The molecule has 0 unspecified atom stereocenters. The number of ether oxygens (including phenoxy) is 1. The second-order valence-electron chi connectivity index (χ2n) is 5.33. The number of hydrogen-bond acceptors (Lipinski definition) is 4. The summed E-state index contributed by atoms with van der Waals surface area (Å²) in [5.41, 5.74) is -1.11. The number of esters is 1. The van der Waals surface area contributed by atoms with Gasteiger partial charge in [-0.1, -0.05) is 23.2 Å². The van der Waals surface area contributed by atoms with E-state index in [2.05, 4.69) is 0 Å². The van der Waals surface area contributed by atoms with E-state index in [0.29, 0.717) is 11.6 Å². The van der Waals surface area contributed by atoms with E-state index in [1.54, 1.807) is 13.0 Å². The van der Waals surface area contributed by atoms with Crippen molar-refractivity contribution in [2.24, 2.45) is 0 Å². The van der Waals surface area contributed by atoms with Crippen LogP contribution in [0.2, 0.25) is 5.02 Å². The van der Waals surface area contributed by atoms with Gasteiger partial charge in [0.1, 0.15) is 11.3 Å². The number of nitrogens with one attached hydrogen (secondary N) is 1. The van der Waals surface area contributed by atoms with E-state index in [1.165, 1.54) is 18.2 Å². The Bertz CT molecular complexity index is 852. The first kappa shape index (κ1) is 19.6. The summed E-state index contributed by atoms with van der Waals surface area (Å²) in [6, 6.07) is 7.07. The van der Waals surface area contributed by atoms with Gasteiger partial charge in [0, 0.05) is 5.02 Å². The monoisotopic (exact) mass is 387 g/mol. The molecule has 138 valence electrons. The minimum Gasteiger partial charge on any atom is -0.507 e. The first-order valence-corrected chi connectivity index (χ1v) is 7.59. The van der Waals surface area contributed by atoms with Crippen molar-refractivity contribution in [2.45, 2.75) is 13.1 Å². The molecule has 1 amide bonds. The molecule has 0 heterocycles. The van der Waals surface area contributed by atoms with Crippen LogP contribution in [0.15, 0.2) is 36.4 Å². The van der Waals surface area contributed by atoms with Crippen LogP contribution in [0.3, 0.4) is 0 Å². The summed E-state index contributed by atoms with van der Waals surface area (Å²) in [6.07, 6.45) is -4.72. The fraction of sp³-hybridized carbons (Fsp3) is 0.176. The average Bonchev–Trinajstić information content (AvgIpc) is 2.55. The Morgan fingerprint density at radius 1 is 1.19 bits per heavy atom. The second kappa shape index (κ2) is 7.65. The highest BCUT2D eigenvalue weighted by Crippen LogP contribution is 2.36. The molecule has 0 aliphatic carbocycles. The normalized spacial score (nSPS) is 11.1. The lowest BCUT2D eigenvalue weighted by Crippen LogP contribution is -2.22. The van der Waals surface area contributed by atoms with Gasteiger partial charge in [-0.15, -0.1) is 0 Å². The Balaban J connectivity index is 2.06. The van der Waals surface area contributed by atoms with Crippen LogP contribution in [0.4, 0.5) is 18.9 Å². The molecule has 2 aromatic carbocycles. The van der Waals surface area contributed by atoms with Crippen molar-refractivity contribution in [3.05, 3.63) is 58.1 Å². The molecule has 0 aromatic heterocycles. The lowest BCUT2D eigenvalue weighted by molar-refractivity contribution is -0.137. The molecule has 26 heavy (non-hydrogen) atoms. The van der Waals surface area contributed by atoms with E-state index in [1.807, 2.05) is 5.32 Å². The van der Waals surface area contributed by atoms with Crippen molar-refractivity contribution in [1.29, 1.82) is 0 Å². The molecule has 0 saturated heterocycles. The number of halogens is 4. The quantitative estimate of drug-likeness (QED) is 0.772. The fourth-order valence-electron chi connectivity index (χ4n) is 2.07. The van der Waals surface area contributed by atoms with E-state index in [9.17, 15) is 27.9 Å². The summed E-state index contributed by atoms with van der Waals surface area (Å²) in [5, 5.41) is 11.5. The zero-order valence-electron chi connectivity index (χ0n) is 13.4. The highest BCUT2D eigenvalue weighted by molar-refractivity contribution is 6.30. The Morgan fingerprint density at radius 3 is 2.54 bits per heavy atom. The van der Waals surface area contributed by atoms with Crippen LogP contribution < -0.4 is 5.32 Å². The molecule has 2 N–H and O–H groups in total. The van der Waals surface area contributed by atoms with Crippen molar-refractivity contribution >= 4 is 29.2 Å². The molecule has 0 saturated carbocycles. The molecule has 0 bridgehead atoms. The van der Waals surface area contributed by atoms with E-state index < -0.39 is 35.9 Å². The molecule has 0 spiro atoms. The number of carbonyl (C=O) groups excluding carboxylic acids is 2. The van der Waals surface area contributed by atoms with Gasteiger partial charge >= 0.3 is 12.1 Å². The van der Waals surface area contributed by atoms with Crippen molar-refractivity contribution in [1.82, 2.24) is 0 Å². The maximum absolute atomic E-state index is 13.0. The molecule has 2 aromatic rings. The van der Waals surface area contributed by atoms with Gasteiger partial charge in [-0.3, -0.25) is 4.79 Å². The van der Waals surface area contributed by atoms with Crippen molar-refractivity contribution in [3.8, 4) is 5.75 Å². The zero-order valence-corrected chi connectivity index (χ0v) is 14.1. The number of phenolic OH excluding ortho intramolecular Hbond substituents is 1. The number of phenols is 1. The van der Waals surface area contributed by atoms with Gasteiger partial charge in [0.05, 0.1) is 11.3 Å². The lowest BCUT2D eigenvalue weighted by Gasteiger charge is -2.14. The van der Waals surface area contributed by atoms with Crippen molar-refractivity contribution in [2.75, 3.05) is 11.9 Å². The maximum atomic E-state index is 13.0. The summed E-state index contributed by atoms with van der Waals surface area (Å²) in [4.78, 5) is 23.7. The van der Waals surface area contributed by atoms with E-state index in [4.69, 9.17) is 16.3 Å². The van der Waals surface area contributed by atoms with Crippen LogP contribution in [0.5, 0.6) is 5.75 Å². The van der Waals surface area contributed by atoms with Gasteiger partial charge in [-0.25, -0.2) is 4.79 Å². The number of benzene rings is 2. The van der Waals surface area contributed by atoms with Crippen molar-refractivity contribution < 1.29 is 32.6 Å². The second-order valence-corrected chi connectivity index (χ2v) is 5.77. The van der Waals surface area contributed by atoms with Gasteiger partial charge in [0.25, 0.3) is 5.91 Å². The van der Waals surface area contributed by atoms with Crippen molar-refractivity contribution in [3.63, 3.8) is 0 Å². The smallest absolute Gasteiger partial charge is 0.418 e. The number of carbonyl (C=O) groups is 2. The molecule has 2 rings (SSSR count). The first-order chi connectivity index (χ1) is 12.1. The summed E-state index contributed by atoms with van der Waals surface area (Å²) in [7, 11) is 0. The fourth-order valence-corrected chi connectivity index (χ4v) is 2.24. The number of alkyl halides is 3. The third-order valence-corrected chi connectivity index (χ3v) is 3.50. The SMILES string of the molecule is Cc1ccc(O)c(C(=O)OCC(=O)Nc2ccc(Cl)cc2C(F)(F)F)c1. The molecule has 9 heteroatoms. The molecular weight excluding hydrogens is 375 g/mol. The van der Waals surface area contributed by atoms with Gasteiger partial charge < -0.3 is 15.2 Å². The van der Waals surface area contributed by atoms with E-state index in [-0.39, 0.29) is 16.3 Å². The van der Waals surface area contributed by atoms with Crippen LogP contribution in [-0.2, 0) is 15.7 Å². The number of aryl methyl sites for hydroxylation is 1.